The van der Waals surface area contributed by atoms with E-state index in [2.05, 4.69) is 0 Å². The third kappa shape index (κ3) is 2.05. The smallest absolute Gasteiger partial charge is 0.423 e. The van der Waals surface area contributed by atoms with Crippen molar-refractivity contribution in [3.05, 3.63) is 11.4 Å². The molecule has 0 aliphatic carbocycles. The summed E-state index contributed by atoms with van der Waals surface area (Å²) in [7, 11) is -3.08. The maximum absolute atomic E-state index is 8.62. The van der Waals surface area contributed by atoms with Gasteiger partial charge < -0.3 is 20.1 Å². The standard InChI is InChI=1S/C4H6B2O4S/c7-5(8)3-1-4(6(9)10)11-2-3/h1-2,7-10H. The lowest BCUT2D eigenvalue weighted by Gasteiger charge is -1.91. The van der Waals surface area contributed by atoms with Gasteiger partial charge in [-0.1, -0.05) is 6.07 Å². The first kappa shape index (κ1) is 8.76. The highest BCUT2D eigenvalue weighted by atomic mass is 32.1. The molecule has 0 aromatic carbocycles. The van der Waals surface area contributed by atoms with E-state index in [1.807, 2.05) is 0 Å². The second-order valence-electron chi connectivity index (χ2n) is 2.03. The lowest BCUT2D eigenvalue weighted by Crippen LogP contribution is -2.32. The van der Waals surface area contributed by atoms with Gasteiger partial charge in [-0.3, -0.25) is 0 Å². The molecule has 0 saturated heterocycles. The lowest BCUT2D eigenvalue weighted by atomic mass is 9.79. The van der Waals surface area contributed by atoms with Crippen molar-refractivity contribution in [2.45, 2.75) is 0 Å². The molecule has 58 valence electrons. The summed E-state index contributed by atoms with van der Waals surface area (Å²) < 4.78 is 0.299. The minimum atomic E-state index is -1.54. The highest BCUT2D eigenvalue weighted by molar-refractivity contribution is 7.21. The fourth-order valence-corrected chi connectivity index (χ4v) is 1.43. The number of rotatable bonds is 2. The summed E-state index contributed by atoms with van der Waals surface area (Å²) in [5.41, 5.74) is 0.276. The molecule has 0 bridgehead atoms. The van der Waals surface area contributed by atoms with Crippen LogP contribution in [-0.2, 0) is 0 Å². The summed E-state index contributed by atoms with van der Waals surface area (Å²) in [6.45, 7) is 0. The molecule has 1 aromatic heterocycles. The summed E-state index contributed by atoms with van der Waals surface area (Å²) in [4.78, 5) is 0. The van der Waals surface area contributed by atoms with E-state index < -0.39 is 14.2 Å². The first-order chi connectivity index (χ1) is 5.11. The zero-order valence-electron chi connectivity index (χ0n) is 5.51. The minimum Gasteiger partial charge on any atom is -0.423 e. The van der Waals surface area contributed by atoms with Gasteiger partial charge in [-0.15, -0.1) is 0 Å². The quantitative estimate of drug-likeness (QED) is 0.361. The van der Waals surface area contributed by atoms with Crippen molar-refractivity contribution < 1.29 is 20.1 Å². The zero-order chi connectivity index (χ0) is 8.43. The molecule has 0 aliphatic heterocycles. The third-order valence-corrected chi connectivity index (χ3v) is 2.18. The van der Waals surface area contributed by atoms with Gasteiger partial charge in [0.05, 0.1) is 0 Å². The van der Waals surface area contributed by atoms with Crippen LogP contribution in [0.4, 0.5) is 0 Å². The maximum Gasteiger partial charge on any atom is 0.499 e. The van der Waals surface area contributed by atoms with Gasteiger partial charge >= 0.3 is 14.2 Å². The molecule has 1 heterocycles. The largest absolute Gasteiger partial charge is 0.499 e. The molecule has 0 unspecified atom stereocenters. The van der Waals surface area contributed by atoms with E-state index in [0.717, 1.165) is 11.3 Å². The van der Waals surface area contributed by atoms with Crippen molar-refractivity contribution in [2.24, 2.45) is 0 Å². The Morgan fingerprint density at radius 1 is 1.09 bits per heavy atom. The molecule has 1 rings (SSSR count). The Balaban J connectivity index is 2.82. The minimum absolute atomic E-state index is 0.276. The second-order valence-corrected chi connectivity index (χ2v) is 2.97. The summed E-state index contributed by atoms with van der Waals surface area (Å²) in [6.07, 6.45) is 0. The van der Waals surface area contributed by atoms with E-state index in [0.29, 0.717) is 4.78 Å². The predicted molar refractivity (Wildman–Crippen MR) is 44.0 cm³/mol. The van der Waals surface area contributed by atoms with Gasteiger partial charge in [0.25, 0.3) is 0 Å². The molecular weight excluding hydrogens is 166 g/mol. The highest BCUT2D eigenvalue weighted by Crippen LogP contribution is 1.92. The van der Waals surface area contributed by atoms with E-state index in [4.69, 9.17) is 20.1 Å². The number of thiophene rings is 1. The van der Waals surface area contributed by atoms with Crippen LogP contribution in [0.15, 0.2) is 11.4 Å². The van der Waals surface area contributed by atoms with E-state index in [1.165, 1.54) is 11.4 Å². The Morgan fingerprint density at radius 3 is 2.00 bits per heavy atom. The van der Waals surface area contributed by atoms with Gasteiger partial charge in [-0.05, 0) is 10.8 Å². The van der Waals surface area contributed by atoms with Gasteiger partial charge in [0.1, 0.15) is 0 Å². The van der Waals surface area contributed by atoms with Gasteiger partial charge in [0, 0.05) is 4.78 Å². The van der Waals surface area contributed by atoms with Gasteiger partial charge in [0.15, 0.2) is 0 Å². The Labute approximate surface area is 68.0 Å². The second kappa shape index (κ2) is 3.38. The molecule has 11 heavy (non-hydrogen) atoms. The van der Waals surface area contributed by atoms with E-state index in [-0.39, 0.29) is 5.46 Å². The van der Waals surface area contributed by atoms with Crippen molar-refractivity contribution in [1.29, 1.82) is 0 Å². The lowest BCUT2D eigenvalue weighted by molar-refractivity contribution is 0.426. The van der Waals surface area contributed by atoms with Crippen LogP contribution in [0.5, 0.6) is 0 Å². The Hall–Kier alpha value is -0.330. The van der Waals surface area contributed by atoms with Gasteiger partial charge in [-0.25, -0.2) is 0 Å². The molecule has 4 N–H and O–H groups in total. The molecule has 1 aromatic rings. The monoisotopic (exact) mass is 172 g/mol. The van der Waals surface area contributed by atoms with Crippen LogP contribution in [0.1, 0.15) is 0 Å². The van der Waals surface area contributed by atoms with Crippen molar-refractivity contribution in [1.82, 2.24) is 0 Å². The summed E-state index contributed by atoms with van der Waals surface area (Å²) in [5.74, 6) is 0. The SMILES string of the molecule is OB(O)c1csc(B(O)O)c1. The number of hydrogen-bond donors (Lipinski definition) is 4. The summed E-state index contributed by atoms with van der Waals surface area (Å²) in [5, 5.41) is 35.9. The molecular formula is C4H6B2O4S. The molecule has 7 heteroatoms. The summed E-state index contributed by atoms with van der Waals surface area (Å²) in [6, 6.07) is 1.33. The third-order valence-electron chi connectivity index (χ3n) is 1.19. The fraction of sp³-hybridized carbons (Fsp3) is 0. The summed E-state index contributed by atoms with van der Waals surface area (Å²) >= 11 is 1.07. The fourth-order valence-electron chi connectivity index (χ4n) is 0.639. The Bertz CT molecular complexity index is 213. The maximum atomic E-state index is 8.62. The molecule has 0 saturated carbocycles. The van der Waals surface area contributed by atoms with Crippen molar-refractivity contribution in [2.75, 3.05) is 0 Å². The molecule has 0 atom stereocenters. The zero-order valence-corrected chi connectivity index (χ0v) is 6.32. The molecule has 0 aliphatic rings. The van der Waals surface area contributed by atoms with Gasteiger partial charge in [-0.2, -0.15) is 11.3 Å². The first-order valence-electron chi connectivity index (χ1n) is 2.92. The molecule has 4 nitrogen and oxygen atoms in total. The van der Waals surface area contributed by atoms with Crippen molar-refractivity contribution in [3.63, 3.8) is 0 Å². The van der Waals surface area contributed by atoms with Crippen molar-refractivity contribution >= 4 is 35.8 Å². The van der Waals surface area contributed by atoms with Crippen LogP contribution in [0.25, 0.3) is 0 Å². The van der Waals surface area contributed by atoms with E-state index in [1.54, 1.807) is 0 Å². The molecule has 0 amide bonds. The van der Waals surface area contributed by atoms with Crippen LogP contribution in [-0.4, -0.2) is 34.3 Å². The molecule has 0 spiro atoms. The van der Waals surface area contributed by atoms with E-state index >= 15 is 0 Å². The molecule has 0 radical (unpaired) electrons. The highest BCUT2D eigenvalue weighted by Gasteiger charge is 2.18. The van der Waals surface area contributed by atoms with Crippen LogP contribution in [0.3, 0.4) is 0 Å². The van der Waals surface area contributed by atoms with Crippen LogP contribution < -0.4 is 10.2 Å². The molecule has 0 fully saturated rings. The van der Waals surface area contributed by atoms with Crippen LogP contribution in [0.2, 0.25) is 0 Å². The van der Waals surface area contributed by atoms with Crippen LogP contribution >= 0.6 is 11.3 Å². The topological polar surface area (TPSA) is 80.9 Å². The van der Waals surface area contributed by atoms with E-state index in [9.17, 15) is 0 Å². The first-order valence-corrected chi connectivity index (χ1v) is 3.80. The Kier molecular flexibility index (Phi) is 2.69. The average molecular weight is 172 g/mol. The number of hydrogen-bond acceptors (Lipinski definition) is 5. The van der Waals surface area contributed by atoms with Crippen LogP contribution in [0, 0.1) is 0 Å². The predicted octanol–water partition coefficient (Wildman–Crippen LogP) is -2.89. The van der Waals surface area contributed by atoms with Gasteiger partial charge in [0.2, 0.25) is 0 Å². The Morgan fingerprint density at radius 2 is 1.73 bits per heavy atom. The van der Waals surface area contributed by atoms with Crippen molar-refractivity contribution in [3.8, 4) is 0 Å². The normalized spacial score (nSPS) is 9.82. The average Bonchev–Trinajstić information content (AvgIpc) is 2.33.